The predicted molar refractivity (Wildman–Crippen MR) is 103 cm³/mol. The van der Waals surface area contributed by atoms with Crippen molar-refractivity contribution in [2.45, 2.75) is 44.0 Å². The summed E-state index contributed by atoms with van der Waals surface area (Å²) in [6.45, 7) is 4.28. The van der Waals surface area contributed by atoms with E-state index in [1.54, 1.807) is 24.3 Å². The molecule has 2 rings (SSSR count). The van der Waals surface area contributed by atoms with E-state index < -0.39 is 16.1 Å². The number of aryl methyl sites for hydroxylation is 1. The molecule has 1 atom stereocenters. The molecular weight excluding hydrogens is 348 g/mol. The number of hydrogen-bond acceptors (Lipinski definition) is 3. The molecule has 0 bridgehead atoms. The van der Waals surface area contributed by atoms with Gasteiger partial charge < -0.3 is 5.32 Å². The maximum Gasteiger partial charge on any atom is 0.241 e. The van der Waals surface area contributed by atoms with Crippen LogP contribution >= 0.6 is 0 Å². The van der Waals surface area contributed by atoms with Crippen molar-refractivity contribution in [1.82, 2.24) is 10.0 Å². The first-order chi connectivity index (χ1) is 12.4. The van der Waals surface area contributed by atoms with Crippen LogP contribution in [0.25, 0.3) is 0 Å². The third kappa shape index (κ3) is 5.97. The standard InChI is InChI=1S/C20H26N2O3S/c1-3-7-19(20(23)21-15-14-17-8-5-4-6-9-17)22-26(24,25)18-12-10-16(2)11-13-18/h4-6,8-13,19,22H,3,7,14-15H2,1-2H3,(H,21,23). The minimum absolute atomic E-state index is 0.168. The summed E-state index contributed by atoms with van der Waals surface area (Å²) >= 11 is 0. The maximum absolute atomic E-state index is 12.5. The van der Waals surface area contributed by atoms with E-state index in [0.717, 1.165) is 11.1 Å². The van der Waals surface area contributed by atoms with Crippen molar-refractivity contribution < 1.29 is 13.2 Å². The van der Waals surface area contributed by atoms with E-state index in [-0.39, 0.29) is 10.8 Å². The number of benzene rings is 2. The molecule has 0 fully saturated rings. The average Bonchev–Trinajstić information content (AvgIpc) is 2.62. The van der Waals surface area contributed by atoms with Crippen LogP contribution in [0.2, 0.25) is 0 Å². The molecule has 6 heteroatoms. The Morgan fingerprint density at radius 3 is 2.31 bits per heavy atom. The van der Waals surface area contributed by atoms with Crippen LogP contribution < -0.4 is 10.0 Å². The number of carbonyl (C=O) groups excluding carboxylic acids is 1. The summed E-state index contributed by atoms with van der Waals surface area (Å²) in [5.74, 6) is -0.293. The zero-order valence-corrected chi connectivity index (χ0v) is 16.1. The van der Waals surface area contributed by atoms with Crippen molar-refractivity contribution in [2.24, 2.45) is 0 Å². The van der Waals surface area contributed by atoms with Gasteiger partial charge in [0.15, 0.2) is 0 Å². The first-order valence-electron chi connectivity index (χ1n) is 8.83. The molecule has 0 spiro atoms. The second-order valence-electron chi connectivity index (χ2n) is 6.30. The molecule has 2 N–H and O–H groups in total. The fraction of sp³-hybridized carbons (Fsp3) is 0.350. The molecular formula is C20H26N2O3S. The molecule has 1 amide bonds. The van der Waals surface area contributed by atoms with Gasteiger partial charge in [0.1, 0.15) is 6.04 Å². The van der Waals surface area contributed by atoms with Crippen molar-refractivity contribution in [3.05, 3.63) is 65.7 Å². The number of rotatable bonds is 9. The van der Waals surface area contributed by atoms with Gasteiger partial charge in [-0.15, -0.1) is 0 Å². The highest BCUT2D eigenvalue weighted by Gasteiger charge is 2.24. The van der Waals surface area contributed by atoms with Crippen molar-refractivity contribution >= 4 is 15.9 Å². The Labute approximate surface area is 155 Å². The molecule has 0 radical (unpaired) electrons. The lowest BCUT2D eigenvalue weighted by Gasteiger charge is -2.18. The van der Waals surface area contributed by atoms with Gasteiger partial charge in [-0.1, -0.05) is 61.4 Å². The predicted octanol–water partition coefficient (Wildman–Crippen LogP) is 2.80. The van der Waals surface area contributed by atoms with Gasteiger partial charge in [0.2, 0.25) is 15.9 Å². The van der Waals surface area contributed by atoms with Crippen LogP contribution in [0.3, 0.4) is 0 Å². The van der Waals surface area contributed by atoms with Crippen LogP contribution in [-0.4, -0.2) is 26.9 Å². The smallest absolute Gasteiger partial charge is 0.241 e. The summed E-state index contributed by atoms with van der Waals surface area (Å²) in [6.07, 6.45) is 1.85. The molecule has 0 heterocycles. The molecule has 140 valence electrons. The molecule has 1 unspecified atom stereocenters. The van der Waals surface area contributed by atoms with Crippen LogP contribution in [0, 0.1) is 6.92 Å². The van der Waals surface area contributed by atoms with E-state index in [9.17, 15) is 13.2 Å². The first kappa shape index (κ1) is 20.1. The summed E-state index contributed by atoms with van der Waals surface area (Å²) in [7, 11) is -3.73. The Morgan fingerprint density at radius 2 is 1.69 bits per heavy atom. The zero-order chi connectivity index (χ0) is 19.0. The Balaban J connectivity index is 1.98. The normalized spacial score (nSPS) is 12.5. The average molecular weight is 375 g/mol. The molecule has 0 aromatic heterocycles. The maximum atomic E-state index is 12.5. The Kier molecular flexibility index (Phi) is 7.36. The lowest BCUT2D eigenvalue weighted by atomic mass is 10.1. The second kappa shape index (κ2) is 9.50. The highest BCUT2D eigenvalue weighted by Crippen LogP contribution is 2.12. The number of nitrogens with one attached hydrogen (secondary N) is 2. The topological polar surface area (TPSA) is 75.3 Å². The summed E-state index contributed by atoms with van der Waals surface area (Å²) in [5, 5.41) is 2.83. The molecule has 26 heavy (non-hydrogen) atoms. The monoisotopic (exact) mass is 374 g/mol. The largest absolute Gasteiger partial charge is 0.354 e. The van der Waals surface area contributed by atoms with Gasteiger partial charge in [-0.3, -0.25) is 4.79 Å². The minimum Gasteiger partial charge on any atom is -0.354 e. The highest BCUT2D eigenvalue weighted by atomic mass is 32.2. The van der Waals surface area contributed by atoms with Crippen LogP contribution in [-0.2, 0) is 21.2 Å². The Bertz CT molecular complexity index is 803. The summed E-state index contributed by atoms with van der Waals surface area (Å²) in [4.78, 5) is 12.6. The first-order valence-corrected chi connectivity index (χ1v) is 10.3. The van der Waals surface area contributed by atoms with Gasteiger partial charge in [-0.05, 0) is 37.5 Å². The number of sulfonamides is 1. The molecule has 2 aromatic carbocycles. The second-order valence-corrected chi connectivity index (χ2v) is 8.02. The lowest BCUT2D eigenvalue weighted by Crippen LogP contribution is -2.47. The number of hydrogen-bond donors (Lipinski definition) is 2. The van der Waals surface area contributed by atoms with E-state index in [4.69, 9.17) is 0 Å². The molecule has 5 nitrogen and oxygen atoms in total. The molecule has 0 aliphatic carbocycles. The van der Waals surface area contributed by atoms with Crippen LogP contribution in [0.1, 0.15) is 30.9 Å². The van der Waals surface area contributed by atoms with Crippen molar-refractivity contribution in [2.75, 3.05) is 6.54 Å². The summed E-state index contributed by atoms with van der Waals surface area (Å²) in [5.41, 5.74) is 2.10. The SMILES string of the molecule is CCCC(NS(=O)(=O)c1ccc(C)cc1)C(=O)NCCc1ccccc1. The number of carbonyl (C=O) groups is 1. The fourth-order valence-corrected chi connectivity index (χ4v) is 3.83. The van der Waals surface area contributed by atoms with Gasteiger partial charge in [0.25, 0.3) is 0 Å². The van der Waals surface area contributed by atoms with Crippen molar-refractivity contribution in [1.29, 1.82) is 0 Å². The summed E-state index contributed by atoms with van der Waals surface area (Å²) < 4.78 is 27.6. The molecule has 0 saturated heterocycles. The van der Waals surface area contributed by atoms with E-state index in [1.165, 1.54) is 0 Å². The molecule has 2 aromatic rings. The third-order valence-corrected chi connectivity index (χ3v) is 5.57. The van der Waals surface area contributed by atoms with Crippen LogP contribution in [0.4, 0.5) is 0 Å². The van der Waals surface area contributed by atoms with Crippen molar-refractivity contribution in [3.63, 3.8) is 0 Å². The van der Waals surface area contributed by atoms with Gasteiger partial charge >= 0.3 is 0 Å². The van der Waals surface area contributed by atoms with E-state index >= 15 is 0 Å². The van der Waals surface area contributed by atoms with Gasteiger partial charge in [0, 0.05) is 6.54 Å². The Morgan fingerprint density at radius 1 is 1.04 bits per heavy atom. The quantitative estimate of drug-likeness (QED) is 0.709. The van der Waals surface area contributed by atoms with Gasteiger partial charge in [-0.2, -0.15) is 4.72 Å². The van der Waals surface area contributed by atoms with Gasteiger partial charge in [0.05, 0.1) is 4.90 Å². The van der Waals surface area contributed by atoms with E-state index in [1.807, 2.05) is 44.2 Å². The Hall–Kier alpha value is -2.18. The van der Waals surface area contributed by atoms with Crippen LogP contribution in [0.5, 0.6) is 0 Å². The van der Waals surface area contributed by atoms with Gasteiger partial charge in [-0.25, -0.2) is 8.42 Å². The lowest BCUT2D eigenvalue weighted by molar-refractivity contribution is -0.122. The molecule has 0 saturated carbocycles. The number of amides is 1. The summed E-state index contributed by atoms with van der Waals surface area (Å²) in [6, 6.07) is 15.6. The fourth-order valence-electron chi connectivity index (χ4n) is 2.60. The van der Waals surface area contributed by atoms with E-state index in [0.29, 0.717) is 25.8 Å². The highest BCUT2D eigenvalue weighted by molar-refractivity contribution is 7.89. The van der Waals surface area contributed by atoms with E-state index in [2.05, 4.69) is 10.0 Å². The van der Waals surface area contributed by atoms with Crippen molar-refractivity contribution in [3.8, 4) is 0 Å². The molecule has 0 aliphatic rings. The molecule has 0 aliphatic heterocycles. The van der Waals surface area contributed by atoms with Crippen LogP contribution in [0.15, 0.2) is 59.5 Å². The minimum atomic E-state index is -3.73. The zero-order valence-electron chi connectivity index (χ0n) is 15.2. The third-order valence-electron chi connectivity index (χ3n) is 4.08.